The summed E-state index contributed by atoms with van der Waals surface area (Å²) in [5, 5.41) is 7.23. The van der Waals surface area contributed by atoms with Crippen LogP contribution in [0.2, 0.25) is 0 Å². The summed E-state index contributed by atoms with van der Waals surface area (Å²) < 4.78 is 0. The minimum Gasteiger partial charge on any atom is -0.385 e. The Kier molecular flexibility index (Phi) is 3.55. The smallest absolute Gasteiger partial charge is 0.0325 e. The standard InChI is InChI=1S/C16H24N2/c1-12-15(13-5-3-2-4-6-13)11-16(18-12)14-7-9-17-10-8-14/h2-5,13-14,16-18H,6-11H2,1H3/t13?,16-/m1/s1. The largest absolute Gasteiger partial charge is 0.385 e. The lowest BCUT2D eigenvalue weighted by molar-refractivity contribution is 0.300. The van der Waals surface area contributed by atoms with Crippen LogP contribution in [0.25, 0.3) is 0 Å². The van der Waals surface area contributed by atoms with Crippen molar-refractivity contribution in [3.63, 3.8) is 0 Å². The second kappa shape index (κ2) is 5.31. The van der Waals surface area contributed by atoms with Gasteiger partial charge in [-0.2, -0.15) is 0 Å². The van der Waals surface area contributed by atoms with Crippen molar-refractivity contribution in [1.82, 2.24) is 10.6 Å². The molecule has 0 aromatic rings. The lowest BCUT2D eigenvalue weighted by Crippen LogP contribution is -2.38. The molecule has 2 nitrogen and oxygen atoms in total. The van der Waals surface area contributed by atoms with E-state index in [4.69, 9.17) is 0 Å². The average Bonchev–Trinajstić information content (AvgIpc) is 2.83. The summed E-state index contributed by atoms with van der Waals surface area (Å²) in [7, 11) is 0. The summed E-state index contributed by atoms with van der Waals surface area (Å²) in [4.78, 5) is 0. The Hall–Kier alpha value is -1.02. The van der Waals surface area contributed by atoms with Crippen LogP contribution in [0.4, 0.5) is 0 Å². The topological polar surface area (TPSA) is 24.1 Å². The summed E-state index contributed by atoms with van der Waals surface area (Å²) in [6.07, 6.45) is 14.1. The van der Waals surface area contributed by atoms with Gasteiger partial charge in [-0.25, -0.2) is 0 Å². The molecule has 0 aromatic heterocycles. The van der Waals surface area contributed by atoms with Crippen LogP contribution < -0.4 is 10.6 Å². The van der Waals surface area contributed by atoms with Crippen LogP contribution in [0.1, 0.15) is 32.6 Å². The number of allylic oxidation sites excluding steroid dienone is 5. The Balaban J connectivity index is 1.64. The van der Waals surface area contributed by atoms with Gasteiger partial charge in [0.05, 0.1) is 0 Å². The first-order valence-electron chi connectivity index (χ1n) is 7.35. The summed E-state index contributed by atoms with van der Waals surface area (Å²) >= 11 is 0. The normalized spacial score (nSPS) is 32.9. The Morgan fingerprint density at radius 3 is 2.72 bits per heavy atom. The van der Waals surface area contributed by atoms with Crippen LogP contribution in [0, 0.1) is 11.8 Å². The van der Waals surface area contributed by atoms with Crippen molar-refractivity contribution in [3.8, 4) is 0 Å². The average molecular weight is 244 g/mol. The highest BCUT2D eigenvalue weighted by Crippen LogP contribution is 2.34. The van der Waals surface area contributed by atoms with Gasteiger partial charge in [0.15, 0.2) is 0 Å². The fourth-order valence-corrected chi connectivity index (χ4v) is 3.61. The number of piperidine rings is 1. The Morgan fingerprint density at radius 1 is 1.17 bits per heavy atom. The van der Waals surface area contributed by atoms with Crippen molar-refractivity contribution >= 4 is 0 Å². The lowest BCUT2D eigenvalue weighted by atomic mass is 9.84. The van der Waals surface area contributed by atoms with E-state index in [1.165, 1.54) is 44.5 Å². The molecule has 0 saturated carbocycles. The molecular weight excluding hydrogens is 220 g/mol. The molecule has 3 aliphatic rings. The molecule has 1 aliphatic carbocycles. The molecule has 2 aliphatic heterocycles. The van der Waals surface area contributed by atoms with Crippen LogP contribution in [-0.4, -0.2) is 19.1 Å². The number of nitrogens with one attached hydrogen (secondary N) is 2. The predicted molar refractivity (Wildman–Crippen MR) is 76.2 cm³/mol. The van der Waals surface area contributed by atoms with E-state index in [1.807, 2.05) is 0 Å². The van der Waals surface area contributed by atoms with E-state index < -0.39 is 0 Å². The lowest BCUT2D eigenvalue weighted by Gasteiger charge is -2.29. The molecule has 1 unspecified atom stereocenters. The number of rotatable bonds is 2. The summed E-state index contributed by atoms with van der Waals surface area (Å²) in [5.74, 6) is 1.51. The van der Waals surface area contributed by atoms with Crippen molar-refractivity contribution in [2.45, 2.75) is 38.6 Å². The van der Waals surface area contributed by atoms with Crippen molar-refractivity contribution in [2.75, 3.05) is 13.1 Å². The van der Waals surface area contributed by atoms with E-state index in [1.54, 1.807) is 5.57 Å². The van der Waals surface area contributed by atoms with Gasteiger partial charge >= 0.3 is 0 Å². The molecule has 0 spiro atoms. The summed E-state index contributed by atoms with van der Waals surface area (Å²) in [6, 6.07) is 0.696. The molecule has 18 heavy (non-hydrogen) atoms. The van der Waals surface area contributed by atoms with Crippen molar-refractivity contribution in [3.05, 3.63) is 35.6 Å². The maximum absolute atomic E-state index is 3.76. The molecule has 3 rings (SSSR count). The second-order valence-electron chi connectivity index (χ2n) is 5.85. The molecule has 0 bridgehead atoms. The minimum atomic E-state index is 0.647. The van der Waals surface area contributed by atoms with E-state index in [0.717, 1.165) is 5.92 Å². The fourth-order valence-electron chi connectivity index (χ4n) is 3.61. The van der Waals surface area contributed by atoms with E-state index in [-0.39, 0.29) is 0 Å². The maximum atomic E-state index is 3.76. The summed E-state index contributed by atoms with van der Waals surface area (Å²) in [6.45, 7) is 4.66. The molecular formula is C16H24N2. The van der Waals surface area contributed by atoms with Crippen molar-refractivity contribution in [1.29, 1.82) is 0 Å². The molecule has 2 atom stereocenters. The minimum absolute atomic E-state index is 0.647. The third kappa shape index (κ3) is 2.39. The van der Waals surface area contributed by atoms with Crippen LogP contribution in [-0.2, 0) is 0 Å². The molecule has 2 N–H and O–H groups in total. The quantitative estimate of drug-likeness (QED) is 0.780. The number of hydrogen-bond acceptors (Lipinski definition) is 2. The van der Waals surface area contributed by atoms with Crippen LogP contribution in [0.5, 0.6) is 0 Å². The molecule has 2 heterocycles. The van der Waals surface area contributed by atoms with Crippen LogP contribution in [0.3, 0.4) is 0 Å². The first-order valence-corrected chi connectivity index (χ1v) is 7.35. The van der Waals surface area contributed by atoms with Crippen LogP contribution in [0.15, 0.2) is 35.6 Å². The molecule has 0 radical (unpaired) electrons. The van der Waals surface area contributed by atoms with Crippen molar-refractivity contribution in [2.24, 2.45) is 11.8 Å². The fraction of sp³-hybridized carbons (Fsp3) is 0.625. The SMILES string of the molecule is CC1=C(C2C=CC=CC2)C[C@H](C2CCNCC2)N1. The van der Waals surface area contributed by atoms with Gasteiger partial charge in [-0.3, -0.25) is 0 Å². The Labute approximate surface area is 110 Å². The summed E-state index contributed by atoms with van der Waals surface area (Å²) in [5.41, 5.74) is 3.10. The molecule has 2 heteroatoms. The third-order valence-electron chi connectivity index (χ3n) is 4.70. The Bertz CT molecular complexity index is 386. The molecule has 0 aromatic carbocycles. The second-order valence-corrected chi connectivity index (χ2v) is 5.85. The number of hydrogen-bond donors (Lipinski definition) is 2. The predicted octanol–water partition coefficient (Wildman–Crippen LogP) is 2.75. The van der Waals surface area contributed by atoms with Gasteiger partial charge in [0.2, 0.25) is 0 Å². The van der Waals surface area contributed by atoms with Gasteiger partial charge < -0.3 is 10.6 Å². The van der Waals surface area contributed by atoms with Gasteiger partial charge in [0, 0.05) is 17.7 Å². The van der Waals surface area contributed by atoms with Crippen molar-refractivity contribution < 1.29 is 0 Å². The zero-order chi connectivity index (χ0) is 12.4. The first-order chi connectivity index (χ1) is 8.84. The highest BCUT2D eigenvalue weighted by atomic mass is 15.0. The van der Waals surface area contributed by atoms with Gasteiger partial charge in [0.1, 0.15) is 0 Å². The van der Waals surface area contributed by atoms with E-state index >= 15 is 0 Å². The molecule has 0 amide bonds. The monoisotopic (exact) mass is 244 g/mol. The van der Waals surface area contributed by atoms with Gasteiger partial charge in [0.25, 0.3) is 0 Å². The van der Waals surface area contributed by atoms with E-state index in [2.05, 4.69) is 41.9 Å². The zero-order valence-electron chi connectivity index (χ0n) is 11.3. The molecule has 1 saturated heterocycles. The molecule has 98 valence electrons. The van der Waals surface area contributed by atoms with E-state index in [0.29, 0.717) is 12.0 Å². The highest BCUT2D eigenvalue weighted by Gasteiger charge is 2.31. The van der Waals surface area contributed by atoms with Gasteiger partial charge in [-0.05, 0) is 57.2 Å². The highest BCUT2D eigenvalue weighted by molar-refractivity contribution is 5.29. The van der Waals surface area contributed by atoms with Crippen LogP contribution >= 0.6 is 0 Å². The molecule has 1 fully saturated rings. The van der Waals surface area contributed by atoms with Gasteiger partial charge in [-0.15, -0.1) is 0 Å². The third-order valence-corrected chi connectivity index (χ3v) is 4.70. The first kappa shape index (κ1) is 12.0. The zero-order valence-corrected chi connectivity index (χ0v) is 11.3. The van der Waals surface area contributed by atoms with E-state index in [9.17, 15) is 0 Å². The maximum Gasteiger partial charge on any atom is 0.0325 e. The Morgan fingerprint density at radius 2 is 2.00 bits per heavy atom. The van der Waals surface area contributed by atoms with Gasteiger partial charge in [-0.1, -0.05) is 24.3 Å².